The molecule has 0 aliphatic carbocycles. The van der Waals surface area contributed by atoms with Gasteiger partial charge >= 0.3 is 0 Å². The van der Waals surface area contributed by atoms with Gasteiger partial charge in [0, 0.05) is 13.1 Å². The molecule has 1 aromatic rings. The number of carbonyl (C=O) groups excluding carboxylic acids is 1. The summed E-state index contributed by atoms with van der Waals surface area (Å²) in [5, 5.41) is 17.4. The fraction of sp³-hybridized carbons (Fsp3) is 0.438. The minimum atomic E-state index is -0.136. The van der Waals surface area contributed by atoms with E-state index < -0.39 is 0 Å². The average Bonchev–Trinajstić information content (AvgIpc) is 2.49. The van der Waals surface area contributed by atoms with Crippen molar-refractivity contribution in [2.75, 3.05) is 19.7 Å². The van der Waals surface area contributed by atoms with Crippen LogP contribution in [0.4, 0.5) is 0 Å². The Hall–Kier alpha value is -2.53. The molecule has 110 valence electrons. The molecule has 0 spiro atoms. The molecule has 0 atom stereocenters. The number of ether oxygens (including phenoxy) is 1. The summed E-state index contributed by atoms with van der Waals surface area (Å²) in [6.45, 7) is 5.01. The molecule has 0 bridgehead atoms. The highest BCUT2D eigenvalue weighted by Gasteiger charge is 2.15. The molecule has 5 heteroatoms. The van der Waals surface area contributed by atoms with Gasteiger partial charge in [-0.3, -0.25) is 4.79 Å². The second kappa shape index (κ2) is 8.60. The molecule has 0 aliphatic rings. The van der Waals surface area contributed by atoms with E-state index in [0.29, 0.717) is 36.7 Å². The molecule has 0 aliphatic heterocycles. The summed E-state index contributed by atoms with van der Waals surface area (Å²) in [6, 6.07) is 10.7. The summed E-state index contributed by atoms with van der Waals surface area (Å²) in [7, 11) is 0. The van der Waals surface area contributed by atoms with E-state index in [1.807, 2.05) is 26.0 Å². The van der Waals surface area contributed by atoms with Crippen molar-refractivity contribution in [3.8, 4) is 17.9 Å². The van der Waals surface area contributed by atoms with Crippen molar-refractivity contribution >= 4 is 5.91 Å². The molecule has 0 heterocycles. The lowest BCUT2D eigenvalue weighted by Gasteiger charge is -2.23. The van der Waals surface area contributed by atoms with Gasteiger partial charge in [-0.15, -0.1) is 0 Å². The first-order chi connectivity index (χ1) is 10.1. The van der Waals surface area contributed by atoms with Crippen molar-refractivity contribution in [2.45, 2.75) is 20.3 Å². The SMILES string of the molecule is CC(C)CN(CCC#N)C(=O)COc1ccc(C#N)cc1. The van der Waals surface area contributed by atoms with Gasteiger partial charge in [0.15, 0.2) is 6.61 Å². The largest absolute Gasteiger partial charge is 0.484 e. The lowest BCUT2D eigenvalue weighted by Crippen LogP contribution is -2.38. The van der Waals surface area contributed by atoms with Crippen molar-refractivity contribution in [3.63, 3.8) is 0 Å². The number of amides is 1. The highest BCUT2D eigenvalue weighted by molar-refractivity contribution is 5.77. The fourth-order valence-electron chi connectivity index (χ4n) is 1.81. The Balaban J connectivity index is 2.55. The number of benzene rings is 1. The van der Waals surface area contributed by atoms with Crippen LogP contribution in [0.5, 0.6) is 5.75 Å². The van der Waals surface area contributed by atoms with E-state index in [1.54, 1.807) is 29.2 Å². The van der Waals surface area contributed by atoms with Crippen LogP contribution in [-0.2, 0) is 4.79 Å². The third-order valence-electron chi connectivity index (χ3n) is 2.78. The van der Waals surface area contributed by atoms with E-state index in [1.165, 1.54) is 0 Å². The molecule has 0 saturated heterocycles. The second-order valence-electron chi connectivity index (χ2n) is 5.07. The zero-order valence-corrected chi connectivity index (χ0v) is 12.4. The van der Waals surface area contributed by atoms with E-state index >= 15 is 0 Å². The molecule has 1 rings (SSSR count). The first kappa shape index (κ1) is 16.5. The van der Waals surface area contributed by atoms with E-state index in [-0.39, 0.29) is 12.5 Å². The number of nitriles is 2. The van der Waals surface area contributed by atoms with Crippen molar-refractivity contribution in [1.29, 1.82) is 10.5 Å². The third-order valence-corrected chi connectivity index (χ3v) is 2.78. The van der Waals surface area contributed by atoms with Gasteiger partial charge in [-0.1, -0.05) is 13.8 Å². The van der Waals surface area contributed by atoms with Crippen LogP contribution in [0.3, 0.4) is 0 Å². The Morgan fingerprint density at radius 3 is 2.48 bits per heavy atom. The first-order valence-electron chi connectivity index (χ1n) is 6.84. The van der Waals surface area contributed by atoms with Gasteiger partial charge in [0.2, 0.25) is 0 Å². The van der Waals surface area contributed by atoms with Crippen molar-refractivity contribution in [1.82, 2.24) is 4.90 Å². The lowest BCUT2D eigenvalue weighted by atomic mass is 10.2. The maximum absolute atomic E-state index is 12.1. The Morgan fingerprint density at radius 1 is 1.29 bits per heavy atom. The Kier molecular flexibility index (Phi) is 6.77. The molecular formula is C16H19N3O2. The van der Waals surface area contributed by atoms with E-state index in [0.717, 1.165) is 0 Å². The molecule has 0 N–H and O–H groups in total. The molecule has 0 radical (unpaired) electrons. The summed E-state index contributed by atoms with van der Waals surface area (Å²) in [6.07, 6.45) is 0.315. The van der Waals surface area contributed by atoms with Crippen molar-refractivity contribution in [3.05, 3.63) is 29.8 Å². The van der Waals surface area contributed by atoms with Crippen molar-refractivity contribution < 1.29 is 9.53 Å². The topological polar surface area (TPSA) is 77.1 Å². The summed E-state index contributed by atoms with van der Waals surface area (Å²) in [4.78, 5) is 13.8. The van der Waals surface area contributed by atoms with Gasteiger partial charge < -0.3 is 9.64 Å². The molecule has 0 saturated carbocycles. The van der Waals surface area contributed by atoms with E-state index in [4.69, 9.17) is 15.3 Å². The van der Waals surface area contributed by atoms with Gasteiger partial charge in [0.25, 0.3) is 5.91 Å². The molecule has 5 nitrogen and oxygen atoms in total. The predicted molar refractivity (Wildman–Crippen MR) is 78.3 cm³/mol. The summed E-state index contributed by atoms with van der Waals surface area (Å²) < 4.78 is 5.43. The van der Waals surface area contributed by atoms with Gasteiger partial charge in [-0.25, -0.2) is 0 Å². The van der Waals surface area contributed by atoms with Crippen LogP contribution in [0, 0.1) is 28.6 Å². The number of carbonyl (C=O) groups is 1. The zero-order chi connectivity index (χ0) is 15.7. The van der Waals surface area contributed by atoms with Crippen LogP contribution >= 0.6 is 0 Å². The summed E-state index contributed by atoms with van der Waals surface area (Å²) in [5.41, 5.74) is 0.545. The normalized spacial score (nSPS) is 9.76. The number of rotatable bonds is 7. The van der Waals surface area contributed by atoms with Crippen LogP contribution < -0.4 is 4.74 Å². The maximum Gasteiger partial charge on any atom is 0.260 e. The molecule has 1 amide bonds. The van der Waals surface area contributed by atoms with Crippen LogP contribution in [0.15, 0.2) is 24.3 Å². The fourth-order valence-corrected chi connectivity index (χ4v) is 1.81. The Labute approximate surface area is 125 Å². The quantitative estimate of drug-likeness (QED) is 0.770. The third kappa shape index (κ3) is 5.97. The summed E-state index contributed by atoms with van der Waals surface area (Å²) in [5.74, 6) is 0.748. The standard InChI is InChI=1S/C16H19N3O2/c1-13(2)11-19(9-3-8-17)16(20)12-21-15-6-4-14(10-18)5-7-15/h4-7,13H,3,9,11-12H2,1-2H3. The van der Waals surface area contributed by atoms with Crippen LogP contribution in [0.25, 0.3) is 0 Å². The smallest absolute Gasteiger partial charge is 0.260 e. The minimum absolute atomic E-state index is 0.0654. The zero-order valence-electron chi connectivity index (χ0n) is 12.4. The Bertz CT molecular complexity index is 538. The van der Waals surface area contributed by atoms with Gasteiger partial charge in [-0.05, 0) is 30.2 Å². The second-order valence-corrected chi connectivity index (χ2v) is 5.07. The Morgan fingerprint density at radius 2 is 1.95 bits per heavy atom. The molecule has 0 fully saturated rings. The predicted octanol–water partition coefficient (Wildman–Crippen LogP) is 2.34. The average molecular weight is 285 g/mol. The van der Waals surface area contributed by atoms with Crippen molar-refractivity contribution in [2.24, 2.45) is 5.92 Å². The van der Waals surface area contributed by atoms with Crippen LogP contribution in [0.1, 0.15) is 25.8 Å². The highest BCUT2D eigenvalue weighted by Crippen LogP contribution is 2.12. The van der Waals surface area contributed by atoms with Gasteiger partial charge in [0.05, 0.1) is 24.1 Å². The first-order valence-corrected chi connectivity index (χ1v) is 6.84. The number of hydrogen-bond donors (Lipinski definition) is 0. The molecule has 0 aromatic heterocycles. The molecular weight excluding hydrogens is 266 g/mol. The monoisotopic (exact) mass is 285 g/mol. The van der Waals surface area contributed by atoms with Crippen LogP contribution in [0.2, 0.25) is 0 Å². The molecule has 21 heavy (non-hydrogen) atoms. The van der Waals surface area contributed by atoms with Gasteiger partial charge in [0.1, 0.15) is 5.75 Å². The number of nitrogens with zero attached hydrogens (tertiary/aromatic N) is 3. The summed E-state index contributed by atoms with van der Waals surface area (Å²) >= 11 is 0. The van der Waals surface area contributed by atoms with E-state index in [2.05, 4.69) is 0 Å². The molecule has 1 aromatic carbocycles. The van der Waals surface area contributed by atoms with Crippen LogP contribution in [-0.4, -0.2) is 30.5 Å². The lowest BCUT2D eigenvalue weighted by molar-refractivity contribution is -0.133. The highest BCUT2D eigenvalue weighted by atomic mass is 16.5. The minimum Gasteiger partial charge on any atom is -0.484 e. The molecule has 0 unspecified atom stereocenters. The van der Waals surface area contributed by atoms with Gasteiger partial charge in [-0.2, -0.15) is 10.5 Å². The maximum atomic E-state index is 12.1. The number of hydrogen-bond acceptors (Lipinski definition) is 4. The van der Waals surface area contributed by atoms with E-state index in [9.17, 15) is 4.79 Å².